The summed E-state index contributed by atoms with van der Waals surface area (Å²) in [5.41, 5.74) is 10.9. The first-order valence-corrected chi connectivity index (χ1v) is 8.91. The fraction of sp³-hybridized carbons (Fsp3) is 0.316. The summed E-state index contributed by atoms with van der Waals surface area (Å²) in [6, 6.07) is 11.8. The van der Waals surface area contributed by atoms with Gasteiger partial charge in [-0.15, -0.1) is 0 Å². The van der Waals surface area contributed by atoms with Gasteiger partial charge in [-0.3, -0.25) is 4.90 Å². The molecule has 1 saturated heterocycles. The molecule has 5 nitrogen and oxygen atoms in total. The highest BCUT2D eigenvalue weighted by Crippen LogP contribution is 2.27. The summed E-state index contributed by atoms with van der Waals surface area (Å²) >= 11 is 6.05. The fourth-order valence-corrected chi connectivity index (χ4v) is 3.44. The van der Waals surface area contributed by atoms with Gasteiger partial charge in [-0.2, -0.15) is 0 Å². The van der Waals surface area contributed by atoms with Gasteiger partial charge in [0, 0.05) is 55.2 Å². The van der Waals surface area contributed by atoms with Gasteiger partial charge < -0.3 is 15.0 Å². The molecule has 0 amide bonds. The predicted octanol–water partition coefficient (Wildman–Crippen LogP) is 2.98. The number of anilines is 1. The van der Waals surface area contributed by atoms with Crippen molar-refractivity contribution in [3.63, 3.8) is 0 Å². The lowest BCUT2D eigenvalue weighted by Crippen LogP contribution is -2.44. The van der Waals surface area contributed by atoms with E-state index in [0.29, 0.717) is 0 Å². The number of rotatable bonds is 3. The van der Waals surface area contributed by atoms with Gasteiger partial charge in [-0.1, -0.05) is 23.7 Å². The van der Waals surface area contributed by atoms with E-state index in [1.165, 1.54) is 5.69 Å². The van der Waals surface area contributed by atoms with Gasteiger partial charge in [0.05, 0.1) is 11.4 Å². The van der Waals surface area contributed by atoms with Crippen molar-refractivity contribution in [3.8, 4) is 11.3 Å². The van der Waals surface area contributed by atoms with Crippen molar-refractivity contribution in [2.75, 3.05) is 39.0 Å². The highest BCUT2D eigenvalue weighted by molar-refractivity contribution is 6.30. The van der Waals surface area contributed by atoms with Gasteiger partial charge in [0.1, 0.15) is 5.65 Å². The van der Waals surface area contributed by atoms with Crippen LogP contribution >= 0.6 is 11.6 Å². The number of piperazine rings is 1. The number of nitrogen functional groups attached to an aromatic ring is 1. The molecule has 0 unspecified atom stereocenters. The van der Waals surface area contributed by atoms with Crippen molar-refractivity contribution in [1.82, 2.24) is 19.2 Å². The number of benzene rings is 1. The van der Waals surface area contributed by atoms with Gasteiger partial charge in [0.2, 0.25) is 0 Å². The molecular formula is C19H22ClN5. The minimum absolute atomic E-state index is 0.734. The van der Waals surface area contributed by atoms with E-state index < -0.39 is 0 Å². The number of nitrogens with two attached hydrogens (primary N) is 1. The first kappa shape index (κ1) is 16.4. The van der Waals surface area contributed by atoms with E-state index in [0.717, 1.165) is 60.3 Å². The number of nitrogens with zero attached hydrogens (tertiary/aromatic N) is 4. The third-order valence-electron chi connectivity index (χ3n) is 4.83. The molecule has 130 valence electrons. The lowest BCUT2D eigenvalue weighted by molar-refractivity contribution is 0.147. The Morgan fingerprint density at radius 3 is 2.48 bits per heavy atom. The number of imidazole rings is 1. The predicted molar refractivity (Wildman–Crippen MR) is 103 cm³/mol. The second-order valence-corrected chi connectivity index (χ2v) is 7.12. The van der Waals surface area contributed by atoms with E-state index >= 15 is 0 Å². The number of pyridine rings is 1. The zero-order chi connectivity index (χ0) is 17.4. The third kappa shape index (κ3) is 3.35. The number of likely N-dealkylation sites (N-methyl/N-ethyl adjacent to an activating group) is 1. The van der Waals surface area contributed by atoms with Gasteiger partial charge >= 0.3 is 0 Å². The SMILES string of the molecule is CN1CCN(Cc2c(-c3ccc(Cl)cc3)nc3ccc(N)cn23)CC1. The largest absolute Gasteiger partial charge is 0.398 e. The summed E-state index contributed by atoms with van der Waals surface area (Å²) < 4.78 is 2.12. The van der Waals surface area contributed by atoms with Crippen LogP contribution < -0.4 is 5.73 Å². The molecule has 0 atom stereocenters. The van der Waals surface area contributed by atoms with Crippen LogP contribution in [0.3, 0.4) is 0 Å². The van der Waals surface area contributed by atoms with E-state index in [9.17, 15) is 0 Å². The standard InChI is InChI=1S/C19H22ClN5/c1-23-8-10-24(11-9-23)13-17-19(14-2-4-15(20)5-3-14)22-18-7-6-16(21)12-25(17)18/h2-7,12H,8-11,13,21H2,1H3. The molecule has 1 aliphatic rings. The van der Waals surface area contributed by atoms with Crippen LogP contribution in [0.25, 0.3) is 16.9 Å². The Morgan fingerprint density at radius 1 is 1.04 bits per heavy atom. The number of hydrogen-bond donors (Lipinski definition) is 1. The molecule has 0 radical (unpaired) electrons. The summed E-state index contributed by atoms with van der Waals surface area (Å²) in [6.45, 7) is 5.17. The van der Waals surface area contributed by atoms with Gasteiger partial charge in [0.15, 0.2) is 0 Å². The summed E-state index contributed by atoms with van der Waals surface area (Å²) in [5, 5.41) is 0.734. The highest BCUT2D eigenvalue weighted by atomic mass is 35.5. The first-order valence-electron chi connectivity index (χ1n) is 8.53. The lowest BCUT2D eigenvalue weighted by Gasteiger charge is -2.32. The van der Waals surface area contributed by atoms with Crippen molar-refractivity contribution < 1.29 is 0 Å². The first-order chi connectivity index (χ1) is 12.1. The average Bonchev–Trinajstić information content (AvgIpc) is 2.95. The quantitative estimate of drug-likeness (QED) is 0.784. The number of hydrogen-bond acceptors (Lipinski definition) is 4. The van der Waals surface area contributed by atoms with E-state index in [4.69, 9.17) is 22.3 Å². The maximum atomic E-state index is 6.05. The Kier molecular flexibility index (Phi) is 4.37. The molecule has 0 spiro atoms. The molecule has 0 bridgehead atoms. The van der Waals surface area contributed by atoms with Crippen LogP contribution in [-0.4, -0.2) is 52.4 Å². The highest BCUT2D eigenvalue weighted by Gasteiger charge is 2.20. The van der Waals surface area contributed by atoms with Crippen LogP contribution in [0.1, 0.15) is 5.69 Å². The Morgan fingerprint density at radius 2 is 1.76 bits per heavy atom. The fourth-order valence-electron chi connectivity index (χ4n) is 3.32. The van der Waals surface area contributed by atoms with Crippen molar-refractivity contribution >= 4 is 22.9 Å². The average molecular weight is 356 g/mol. The maximum Gasteiger partial charge on any atom is 0.137 e. The topological polar surface area (TPSA) is 49.8 Å². The lowest BCUT2D eigenvalue weighted by atomic mass is 10.1. The van der Waals surface area contributed by atoms with E-state index in [-0.39, 0.29) is 0 Å². The van der Waals surface area contributed by atoms with Crippen LogP contribution in [-0.2, 0) is 6.54 Å². The zero-order valence-corrected chi connectivity index (χ0v) is 15.1. The van der Waals surface area contributed by atoms with Crippen LogP contribution in [0, 0.1) is 0 Å². The molecule has 2 aromatic heterocycles. The molecule has 1 aliphatic heterocycles. The normalized spacial score (nSPS) is 16.6. The van der Waals surface area contributed by atoms with Gasteiger partial charge in [-0.25, -0.2) is 4.98 Å². The van der Waals surface area contributed by atoms with E-state index in [2.05, 4.69) is 21.2 Å². The van der Waals surface area contributed by atoms with Crippen molar-refractivity contribution in [3.05, 3.63) is 53.3 Å². The van der Waals surface area contributed by atoms with Crippen LogP contribution in [0.15, 0.2) is 42.6 Å². The zero-order valence-electron chi connectivity index (χ0n) is 14.3. The molecule has 4 rings (SSSR count). The van der Waals surface area contributed by atoms with Crippen molar-refractivity contribution in [2.24, 2.45) is 0 Å². The molecular weight excluding hydrogens is 334 g/mol. The summed E-state index contributed by atoms with van der Waals surface area (Å²) in [6.07, 6.45) is 1.97. The summed E-state index contributed by atoms with van der Waals surface area (Å²) in [7, 11) is 2.17. The molecule has 6 heteroatoms. The molecule has 3 heterocycles. The second-order valence-electron chi connectivity index (χ2n) is 6.68. The smallest absolute Gasteiger partial charge is 0.137 e. The van der Waals surface area contributed by atoms with Crippen molar-refractivity contribution in [1.29, 1.82) is 0 Å². The molecule has 0 saturated carbocycles. The molecule has 25 heavy (non-hydrogen) atoms. The Hall–Kier alpha value is -2.08. The molecule has 3 aromatic rings. The molecule has 1 fully saturated rings. The number of aromatic nitrogens is 2. The monoisotopic (exact) mass is 355 g/mol. The summed E-state index contributed by atoms with van der Waals surface area (Å²) in [5.74, 6) is 0. The Labute approximate surface area is 152 Å². The third-order valence-corrected chi connectivity index (χ3v) is 5.08. The van der Waals surface area contributed by atoms with Crippen LogP contribution in [0.2, 0.25) is 5.02 Å². The number of fused-ring (bicyclic) bond motifs is 1. The van der Waals surface area contributed by atoms with Gasteiger partial charge in [0.25, 0.3) is 0 Å². The molecule has 2 N–H and O–H groups in total. The second kappa shape index (κ2) is 6.67. The van der Waals surface area contributed by atoms with E-state index in [1.54, 1.807) is 0 Å². The Bertz CT molecular complexity index is 879. The van der Waals surface area contributed by atoms with Gasteiger partial charge in [-0.05, 0) is 31.3 Å². The molecule has 1 aromatic carbocycles. The van der Waals surface area contributed by atoms with Crippen LogP contribution in [0.5, 0.6) is 0 Å². The number of halogens is 1. The molecule has 0 aliphatic carbocycles. The summed E-state index contributed by atoms with van der Waals surface area (Å²) in [4.78, 5) is 9.70. The minimum Gasteiger partial charge on any atom is -0.398 e. The van der Waals surface area contributed by atoms with Crippen molar-refractivity contribution in [2.45, 2.75) is 6.54 Å². The minimum atomic E-state index is 0.734. The van der Waals surface area contributed by atoms with Crippen LogP contribution in [0.4, 0.5) is 5.69 Å². The van der Waals surface area contributed by atoms with E-state index in [1.807, 2.05) is 42.6 Å². The Balaban J connectivity index is 1.77. The maximum absolute atomic E-state index is 6.05.